The minimum atomic E-state index is -1.07. The molecule has 0 radical (unpaired) electrons. The van der Waals surface area contributed by atoms with E-state index in [1.807, 2.05) is 0 Å². The smallest absolute Gasteiger partial charge is 0.262 e. The van der Waals surface area contributed by atoms with Gasteiger partial charge < -0.3 is 0 Å². The molecular weight excluding hydrogens is 343 g/mol. The van der Waals surface area contributed by atoms with Crippen LogP contribution in [0.4, 0.5) is 4.39 Å². The zero-order chi connectivity index (χ0) is 18.6. The molecule has 4 rings (SSSR count). The van der Waals surface area contributed by atoms with Gasteiger partial charge in [-0.05, 0) is 36.5 Å². The number of nitrogens with zero attached hydrogens (tertiary/aromatic N) is 1. The summed E-state index contributed by atoms with van der Waals surface area (Å²) in [6.07, 6.45) is 1.19. The predicted octanol–water partition coefficient (Wildman–Crippen LogP) is 0.748. The topological polar surface area (TPSA) is 101 Å². The largest absolute Gasteiger partial charge is 0.300 e. The number of imide groups is 2. The first kappa shape index (κ1) is 16.6. The molecule has 1 aromatic carbocycles. The van der Waals surface area contributed by atoms with Gasteiger partial charge in [0.15, 0.2) is 0 Å². The predicted molar refractivity (Wildman–Crippen MR) is 84.5 cm³/mol. The minimum Gasteiger partial charge on any atom is -0.300 e. The fraction of sp³-hybridized carbons (Fsp3) is 0.389. The van der Waals surface area contributed by atoms with E-state index in [0.29, 0.717) is 19.3 Å². The molecule has 3 aliphatic rings. The molecule has 2 heterocycles. The molecule has 0 aromatic heterocycles. The van der Waals surface area contributed by atoms with E-state index in [2.05, 4.69) is 5.32 Å². The zero-order valence-electron chi connectivity index (χ0n) is 13.7. The summed E-state index contributed by atoms with van der Waals surface area (Å²) in [5, 5.41) is 2.11. The van der Waals surface area contributed by atoms with Crippen molar-refractivity contribution in [1.29, 1.82) is 0 Å². The molecule has 1 saturated heterocycles. The van der Waals surface area contributed by atoms with Crippen LogP contribution in [-0.2, 0) is 20.8 Å². The second-order valence-electron chi connectivity index (χ2n) is 6.95. The Bertz CT molecular complexity index is 886. The van der Waals surface area contributed by atoms with Crippen molar-refractivity contribution in [2.75, 3.05) is 0 Å². The summed E-state index contributed by atoms with van der Waals surface area (Å²) in [7, 11) is 0. The van der Waals surface area contributed by atoms with E-state index in [9.17, 15) is 28.4 Å². The maximum atomic E-state index is 14.4. The molecule has 0 bridgehead atoms. The molecule has 0 spiro atoms. The first-order chi connectivity index (χ1) is 12.3. The quantitative estimate of drug-likeness (QED) is 0.804. The van der Waals surface area contributed by atoms with Gasteiger partial charge >= 0.3 is 0 Å². The highest BCUT2D eigenvalue weighted by molar-refractivity contribution is 6.23. The Labute approximate surface area is 147 Å². The van der Waals surface area contributed by atoms with Crippen molar-refractivity contribution in [1.82, 2.24) is 10.2 Å². The number of hydrogen-bond donors (Lipinski definition) is 1. The molecular formula is C18H15FN2O5. The van der Waals surface area contributed by atoms with E-state index in [1.165, 1.54) is 6.07 Å². The summed E-state index contributed by atoms with van der Waals surface area (Å²) in [4.78, 5) is 60.4. The van der Waals surface area contributed by atoms with Crippen molar-refractivity contribution in [3.8, 4) is 0 Å². The second kappa shape index (κ2) is 5.82. The molecule has 1 saturated carbocycles. The lowest BCUT2D eigenvalue weighted by Gasteiger charge is -2.27. The Balaban J connectivity index is 1.62. The zero-order valence-corrected chi connectivity index (χ0v) is 13.7. The minimum absolute atomic E-state index is 0.0269. The summed E-state index contributed by atoms with van der Waals surface area (Å²) in [6, 6.07) is 1.30. The monoisotopic (exact) mass is 358 g/mol. The van der Waals surface area contributed by atoms with Crippen LogP contribution in [0.15, 0.2) is 12.1 Å². The number of hydrogen-bond acceptors (Lipinski definition) is 5. The number of halogens is 1. The van der Waals surface area contributed by atoms with Crippen molar-refractivity contribution in [2.24, 2.45) is 5.92 Å². The lowest BCUT2D eigenvalue weighted by Crippen LogP contribution is -2.54. The van der Waals surface area contributed by atoms with Crippen molar-refractivity contribution in [3.63, 3.8) is 0 Å². The summed E-state index contributed by atoms with van der Waals surface area (Å²) in [6.45, 7) is 0. The number of rotatable bonds is 3. The van der Waals surface area contributed by atoms with Crippen molar-refractivity contribution < 1.29 is 28.4 Å². The molecule has 8 heteroatoms. The first-order valence-electron chi connectivity index (χ1n) is 8.41. The van der Waals surface area contributed by atoms with Crippen LogP contribution < -0.4 is 5.32 Å². The molecule has 1 N–H and O–H groups in total. The van der Waals surface area contributed by atoms with Gasteiger partial charge in [-0.3, -0.25) is 34.2 Å². The standard InChI is InChI=1S/C18H15FN2O5/c19-13-7-12-11(6-9(13)3-8-4-10(22)5-8)17(25)21(18(12)26)14-1-2-15(23)20-16(14)24/h6-8,14H,1-5H2,(H,20,23,24). The number of benzene rings is 1. The van der Waals surface area contributed by atoms with E-state index < -0.39 is 35.5 Å². The lowest BCUT2D eigenvalue weighted by atomic mass is 9.79. The number of carbonyl (C=O) groups is 5. The molecule has 4 amide bonds. The van der Waals surface area contributed by atoms with Gasteiger partial charge in [0.2, 0.25) is 11.8 Å². The summed E-state index contributed by atoms with van der Waals surface area (Å²) >= 11 is 0. The van der Waals surface area contributed by atoms with E-state index in [1.54, 1.807) is 0 Å². The number of Topliss-reactive ketones (excluding diaryl/α,β-unsaturated/α-hetero) is 1. The van der Waals surface area contributed by atoms with E-state index in [4.69, 9.17) is 0 Å². The lowest BCUT2D eigenvalue weighted by molar-refractivity contribution is -0.136. The SMILES string of the molecule is O=C1CC(Cc2cc3c(cc2F)C(=O)N(C2CCC(=O)NC2=O)C3=O)C1. The van der Waals surface area contributed by atoms with E-state index in [0.717, 1.165) is 11.0 Å². The Morgan fingerprint density at radius 2 is 1.69 bits per heavy atom. The van der Waals surface area contributed by atoms with Crippen LogP contribution in [0.2, 0.25) is 0 Å². The Morgan fingerprint density at radius 3 is 2.31 bits per heavy atom. The molecule has 1 aromatic rings. The number of ketones is 1. The van der Waals surface area contributed by atoms with Gasteiger partial charge in [0.05, 0.1) is 11.1 Å². The number of carbonyl (C=O) groups excluding carboxylic acids is 5. The third kappa shape index (κ3) is 2.53. The summed E-state index contributed by atoms with van der Waals surface area (Å²) < 4.78 is 14.4. The summed E-state index contributed by atoms with van der Waals surface area (Å²) in [5.41, 5.74) is 0.264. The molecule has 7 nitrogen and oxygen atoms in total. The highest BCUT2D eigenvalue weighted by Gasteiger charge is 2.45. The molecule has 134 valence electrons. The van der Waals surface area contributed by atoms with Gasteiger partial charge in [0.1, 0.15) is 17.6 Å². The van der Waals surface area contributed by atoms with Crippen molar-refractivity contribution in [3.05, 3.63) is 34.6 Å². The van der Waals surface area contributed by atoms with Crippen LogP contribution in [0.3, 0.4) is 0 Å². The highest BCUT2D eigenvalue weighted by Crippen LogP contribution is 2.32. The Kier molecular flexibility index (Phi) is 3.71. The van der Waals surface area contributed by atoms with Crippen LogP contribution in [-0.4, -0.2) is 40.4 Å². The summed E-state index contributed by atoms with van der Waals surface area (Å²) in [5.74, 6) is -2.97. The Hall–Kier alpha value is -2.90. The van der Waals surface area contributed by atoms with Gasteiger partial charge in [-0.25, -0.2) is 4.39 Å². The van der Waals surface area contributed by atoms with Gasteiger partial charge in [-0.1, -0.05) is 0 Å². The fourth-order valence-corrected chi connectivity index (χ4v) is 3.73. The highest BCUT2D eigenvalue weighted by atomic mass is 19.1. The number of nitrogens with one attached hydrogen (secondary N) is 1. The molecule has 2 aliphatic heterocycles. The van der Waals surface area contributed by atoms with Crippen LogP contribution in [0.1, 0.15) is 52.0 Å². The van der Waals surface area contributed by atoms with Crippen LogP contribution in [0.5, 0.6) is 0 Å². The number of fused-ring (bicyclic) bond motifs is 1. The van der Waals surface area contributed by atoms with Crippen molar-refractivity contribution in [2.45, 2.75) is 38.1 Å². The van der Waals surface area contributed by atoms with Gasteiger partial charge in [0.25, 0.3) is 11.8 Å². The molecule has 1 aliphatic carbocycles. The third-order valence-electron chi connectivity index (χ3n) is 5.15. The first-order valence-corrected chi connectivity index (χ1v) is 8.41. The molecule has 1 atom stereocenters. The number of piperidine rings is 1. The maximum absolute atomic E-state index is 14.4. The average molecular weight is 358 g/mol. The van der Waals surface area contributed by atoms with Crippen LogP contribution >= 0.6 is 0 Å². The third-order valence-corrected chi connectivity index (χ3v) is 5.15. The van der Waals surface area contributed by atoms with Gasteiger partial charge in [0, 0.05) is 19.3 Å². The van der Waals surface area contributed by atoms with Gasteiger partial charge in [-0.2, -0.15) is 0 Å². The van der Waals surface area contributed by atoms with E-state index in [-0.39, 0.29) is 41.2 Å². The van der Waals surface area contributed by atoms with Gasteiger partial charge in [-0.15, -0.1) is 0 Å². The van der Waals surface area contributed by atoms with Crippen molar-refractivity contribution >= 4 is 29.4 Å². The van der Waals surface area contributed by atoms with Crippen LogP contribution in [0.25, 0.3) is 0 Å². The molecule has 2 fully saturated rings. The average Bonchev–Trinajstić information content (AvgIpc) is 2.78. The number of amides is 4. The second-order valence-corrected chi connectivity index (χ2v) is 6.95. The molecule has 26 heavy (non-hydrogen) atoms. The fourth-order valence-electron chi connectivity index (χ4n) is 3.73. The molecule has 1 unspecified atom stereocenters. The normalized spacial score (nSPS) is 23.2. The van der Waals surface area contributed by atoms with Crippen LogP contribution in [0, 0.1) is 11.7 Å². The Morgan fingerprint density at radius 1 is 1.04 bits per heavy atom. The van der Waals surface area contributed by atoms with E-state index >= 15 is 0 Å². The maximum Gasteiger partial charge on any atom is 0.262 e.